The summed E-state index contributed by atoms with van der Waals surface area (Å²) >= 11 is 0. The summed E-state index contributed by atoms with van der Waals surface area (Å²) in [6.07, 6.45) is -0.838. The van der Waals surface area contributed by atoms with E-state index < -0.39 is 22.0 Å². The molecule has 0 heterocycles. The number of sulfonamides is 1. The lowest BCUT2D eigenvalue weighted by Gasteiger charge is -2.16. The van der Waals surface area contributed by atoms with Gasteiger partial charge >= 0.3 is 0 Å². The molecule has 0 saturated heterocycles. The highest BCUT2D eigenvalue weighted by Crippen LogP contribution is 2.24. The third-order valence-electron chi connectivity index (χ3n) is 4.68. The Morgan fingerprint density at radius 2 is 1.72 bits per heavy atom. The molecule has 0 aromatic heterocycles. The number of carbonyl (C=O) groups excluding carboxylic acids is 1. The van der Waals surface area contributed by atoms with E-state index in [0.717, 1.165) is 5.56 Å². The number of anilines is 2. The minimum atomic E-state index is -3.85. The van der Waals surface area contributed by atoms with Crippen molar-refractivity contribution in [3.8, 4) is 11.8 Å². The number of carbonyl (C=O) groups is 1. The zero-order valence-corrected chi connectivity index (χ0v) is 18.7. The van der Waals surface area contributed by atoms with Gasteiger partial charge in [0.1, 0.15) is 5.75 Å². The van der Waals surface area contributed by atoms with Gasteiger partial charge in [0.05, 0.1) is 16.5 Å². The number of hydrogen-bond acceptors (Lipinski definition) is 5. The van der Waals surface area contributed by atoms with Gasteiger partial charge in [-0.2, -0.15) is 5.26 Å². The van der Waals surface area contributed by atoms with Crippen LogP contribution in [-0.4, -0.2) is 20.4 Å². The Kier molecular flexibility index (Phi) is 6.81. The average Bonchev–Trinajstić information content (AvgIpc) is 2.75. The first kappa shape index (κ1) is 22.8. The van der Waals surface area contributed by atoms with Crippen molar-refractivity contribution in [3.05, 3.63) is 83.4 Å². The van der Waals surface area contributed by atoms with Gasteiger partial charge in [-0.1, -0.05) is 18.2 Å². The summed E-state index contributed by atoms with van der Waals surface area (Å²) in [4.78, 5) is 12.6. The monoisotopic (exact) mass is 449 g/mol. The van der Waals surface area contributed by atoms with Crippen LogP contribution in [0.2, 0.25) is 0 Å². The van der Waals surface area contributed by atoms with E-state index in [4.69, 9.17) is 10.00 Å². The summed E-state index contributed by atoms with van der Waals surface area (Å²) in [5.41, 5.74) is 2.76. The highest BCUT2D eigenvalue weighted by Gasteiger charge is 2.20. The van der Waals surface area contributed by atoms with Crippen LogP contribution in [-0.2, 0) is 14.8 Å². The molecule has 8 heteroatoms. The molecule has 2 N–H and O–H groups in total. The first-order chi connectivity index (χ1) is 15.2. The maximum absolute atomic E-state index is 12.9. The van der Waals surface area contributed by atoms with Crippen molar-refractivity contribution in [3.63, 3.8) is 0 Å². The molecule has 0 spiro atoms. The highest BCUT2D eigenvalue weighted by molar-refractivity contribution is 7.92. The van der Waals surface area contributed by atoms with Crippen molar-refractivity contribution >= 4 is 27.3 Å². The van der Waals surface area contributed by atoms with Crippen LogP contribution < -0.4 is 14.8 Å². The van der Waals surface area contributed by atoms with Gasteiger partial charge in [-0.3, -0.25) is 9.52 Å². The molecule has 1 amide bonds. The number of hydrogen-bond donors (Lipinski definition) is 2. The number of nitrogens with zero attached hydrogens (tertiary/aromatic N) is 1. The molecule has 0 aliphatic rings. The zero-order chi connectivity index (χ0) is 23.3. The van der Waals surface area contributed by atoms with Gasteiger partial charge in [-0.15, -0.1) is 0 Å². The molecule has 3 aromatic rings. The molecule has 164 valence electrons. The lowest BCUT2D eigenvalue weighted by Crippen LogP contribution is -2.30. The minimum absolute atomic E-state index is 0.0671. The number of amides is 1. The summed E-state index contributed by atoms with van der Waals surface area (Å²) < 4.78 is 34.0. The molecule has 3 aromatic carbocycles. The number of rotatable bonds is 7. The van der Waals surface area contributed by atoms with E-state index in [9.17, 15) is 13.2 Å². The van der Waals surface area contributed by atoms with Gasteiger partial charge < -0.3 is 10.1 Å². The van der Waals surface area contributed by atoms with Crippen LogP contribution in [0.25, 0.3) is 0 Å². The molecule has 0 aliphatic carbocycles. The fraction of sp³-hybridized carbons (Fsp3) is 0.167. The standard InChI is InChI=1S/C24H23N3O4S/c1-16-5-4-6-21(13-16)27-32(29,30)23-14-20(10-7-17(23)2)26-24(28)18(3)31-22-11-8-19(15-25)9-12-22/h4-14,18,27H,1-3H3,(H,26,28). The van der Waals surface area contributed by atoms with Crippen molar-refractivity contribution in [2.75, 3.05) is 10.0 Å². The Hall–Kier alpha value is -3.83. The van der Waals surface area contributed by atoms with Gasteiger partial charge in [0, 0.05) is 11.4 Å². The summed E-state index contributed by atoms with van der Waals surface area (Å²) in [7, 11) is -3.85. The largest absolute Gasteiger partial charge is 0.481 e. The van der Waals surface area contributed by atoms with Crippen LogP contribution in [0.3, 0.4) is 0 Å². The van der Waals surface area contributed by atoms with E-state index >= 15 is 0 Å². The van der Waals surface area contributed by atoms with Gasteiger partial charge in [0.15, 0.2) is 6.10 Å². The van der Waals surface area contributed by atoms with Crippen molar-refractivity contribution in [1.29, 1.82) is 5.26 Å². The van der Waals surface area contributed by atoms with E-state index in [1.54, 1.807) is 68.4 Å². The second kappa shape index (κ2) is 9.54. The van der Waals surface area contributed by atoms with E-state index in [1.165, 1.54) is 6.07 Å². The first-order valence-corrected chi connectivity index (χ1v) is 11.3. The zero-order valence-electron chi connectivity index (χ0n) is 17.9. The quantitative estimate of drug-likeness (QED) is 0.556. The molecule has 7 nitrogen and oxygen atoms in total. The normalized spacial score (nSPS) is 11.8. The van der Waals surface area contributed by atoms with E-state index in [1.807, 2.05) is 19.1 Å². The van der Waals surface area contributed by atoms with E-state index in [-0.39, 0.29) is 4.90 Å². The predicted octanol–water partition coefficient (Wildman–Crippen LogP) is 4.38. The first-order valence-electron chi connectivity index (χ1n) is 9.86. The Bertz CT molecular complexity index is 1280. The Morgan fingerprint density at radius 1 is 1.00 bits per heavy atom. The van der Waals surface area contributed by atoms with Crippen LogP contribution in [0.1, 0.15) is 23.6 Å². The summed E-state index contributed by atoms with van der Waals surface area (Å²) in [5, 5.41) is 11.5. The molecule has 1 unspecified atom stereocenters. The number of nitrogens with one attached hydrogen (secondary N) is 2. The Labute approximate surface area is 187 Å². The van der Waals surface area contributed by atoms with Crippen LogP contribution in [0.4, 0.5) is 11.4 Å². The molecular formula is C24H23N3O4S. The third kappa shape index (κ3) is 5.65. The maximum Gasteiger partial charge on any atom is 0.265 e. The average molecular weight is 450 g/mol. The molecular weight excluding hydrogens is 426 g/mol. The second-order valence-electron chi connectivity index (χ2n) is 7.34. The van der Waals surface area contributed by atoms with Crippen LogP contribution in [0, 0.1) is 25.2 Å². The maximum atomic E-state index is 12.9. The summed E-state index contributed by atoms with van der Waals surface area (Å²) in [6.45, 7) is 5.14. The smallest absolute Gasteiger partial charge is 0.265 e. The molecule has 1 atom stereocenters. The lowest BCUT2D eigenvalue weighted by molar-refractivity contribution is -0.122. The topological polar surface area (TPSA) is 108 Å². The highest BCUT2D eigenvalue weighted by atomic mass is 32.2. The number of nitriles is 1. The summed E-state index contributed by atoms with van der Waals surface area (Å²) in [6, 6.07) is 20.2. The fourth-order valence-corrected chi connectivity index (χ4v) is 4.32. The minimum Gasteiger partial charge on any atom is -0.481 e. The Balaban J connectivity index is 1.74. The Morgan fingerprint density at radius 3 is 2.38 bits per heavy atom. The van der Waals surface area contributed by atoms with Gasteiger partial charge in [-0.25, -0.2) is 8.42 Å². The summed E-state index contributed by atoms with van der Waals surface area (Å²) in [5.74, 6) is 0.00869. The number of ether oxygens (including phenoxy) is 1. The molecule has 0 aliphatic heterocycles. The third-order valence-corrected chi connectivity index (χ3v) is 6.20. The van der Waals surface area contributed by atoms with Gasteiger partial charge in [-0.05, 0) is 80.4 Å². The lowest BCUT2D eigenvalue weighted by atomic mass is 10.2. The molecule has 0 bridgehead atoms. The predicted molar refractivity (Wildman–Crippen MR) is 123 cm³/mol. The van der Waals surface area contributed by atoms with E-state index in [0.29, 0.717) is 28.3 Å². The van der Waals surface area contributed by atoms with Crippen LogP contribution >= 0.6 is 0 Å². The van der Waals surface area contributed by atoms with Crippen LogP contribution in [0.15, 0.2) is 71.6 Å². The molecule has 0 radical (unpaired) electrons. The van der Waals surface area contributed by atoms with Crippen molar-refractivity contribution in [1.82, 2.24) is 0 Å². The van der Waals surface area contributed by atoms with Crippen LogP contribution in [0.5, 0.6) is 5.75 Å². The molecule has 0 saturated carbocycles. The number of benzene rings is 3. The number of aryl methyl sites for hydroxylation is 2. The van der Waals surface area contributed by atoms with E-state index in [2.05, 4.69) is 10.0 Å². The van der Waals surface area contributed by atoms with Gasteiger partial charge in [0.2, 0.25) is 0 Å². The molecule has 3 rings (SSSR count). The van der Waals surface area contributed by atoms with Crippen molar-refractivity contribution < 1.29 is 17.9 Å². The van der Waals surface area contributed by atoms with Crippen molar-refractivity contribution in [2.24, 2.45) is 0 Å². The van der Waals surface area contributed by atoms with Gasteiger partial charge in [0.25, 0.3) is 15.9 Å². The second-order valence-corrected chi connectivity index (χ2v) is 8.99. The van der Waals surface area contributed by atoms with Crippen molar-refractivity contribution in [2.45, 2.75) is 31.8 Å². The molecule has 32 heavy (non-hydrogen) atoms. The molecule has 0 fully saturated rings. The SMILES string of the molecule is Cc1cccc(NS(=O)(=O)c2cc(NC(=O)C(C)Oc3ccc(C#N)cc3)ccc2C)c1. The fourth-order valence-electron chi connectivity index (χ4n) is 3.00.